The molecule has 4 nitrogen and oxygen atoms in total. The number of anilines is 1. The molecule has 0 aliphatic rings. The highest BCUT2D eigenvalue weighted by Crippen LogP contribution is 2.16. The molecule has 0 aromatic heterocycles. The van der Waals surface area contributed by atoms with Gasteiger partial charge in [0, 0.05) is 5.69 Å². The van der Waals surface area contributed by atoms with Crippen molar-refractivity contribution in [2.45, 2.75) is 26.0 Å². The van der Waals surface area contributed by atoms with Crippen LogP contribution in [0.1, 0.15) is 24.2 Å². The van der Waals surface area contributed by atoms with Gasteiger partial charge in [-0.1, -0.05) is 48.0 Å². The van der Waals surface area contributed by atoms with E-state index in [0.717, 1.165) is 16.8 Å². The number of aliphatic hydroxyl groups excluding tert-OH is 1. The van der Waals surface area contributed by atoms with Gasteiger partial charge in [0.25, 0.3) is 0 Å². The van der Waals surface area contributed by atoms with Crippen LogP contribution in [-0.2, 0) is 0 Å². The molecule has 110 valence electrons. The summed E-state index contributed by atoms with van der Waals surface area (Å²) >= 11 is 0. The minimum Gasteiger partial charge on any atom is -0.386 e. The molecule has 4 heteroatoms. The molecule has 3 N–H and O–H groups in total. The molecule has 21 heavy (non-hydrogen) atoms. The predicted molar refractivity (Wildman–Crippen MR) is 84.2 cm³/mol. The number of urea groups is 1. The highest BCUT2D eigenvalue weighted by Gasteiger charge is 2.18. The second kappa shape index (κ2) is 6.90. The summed E-state index contributed by atoms with van der Waals surface area (Å²) in [6, 6.07) is 16.1. The van der Waals surface area contributed by atoms with Gasteiger partial charge in [0.1, 0.15) is 0 Å². The first kappa shape index (κ1) is 15.1. The van der Waals surface area contributed by atoms with Gasteiger partial charge >= 0.3 is 6.03 Å². The standard InChI is InChI=1S/C17H20N2O2/c1-12-8-10-15(11-9-12)19-17(21)18-13(2)16(20)14-6-4-3-5-7-14/h3-11,13,16,20H,1-2H3,(H2,18,19,21). The number of aryl methyl sites for hydroxylation is 1. The SMILES string of the molecule is Cc1ccc(NC(=O)NC(C)C(O)c2ccccc2)cc1. The van der Waals surface area contributed by atoms with Crippen LogP contribution in [0.5, 0.6) is 0 Å². The van der Waals surface area contributed by atoms with Gasteiger partial charge in [-0.15, -0.1) is 0 Å². The molecule has 2 atom stereocenters. The van der Waals surface area contributed by atoms with E-state index >= 15 is 0 Å². The van der Waals surface area contributed by atoms with Crippen LogP contribution in [0.4, 0.5) is 10.5 Å². The molecule has 2 rings (SSSR count). The number of hydrogen-bond acceptors (Lipinski definition) is 2. The maximum Gasteiger partial charge on any atom is 0.319 e. The van der Waals surface area contributed by atoms with E-state index in [1.165, 1.54) is 0 Å². The fraction of sp³-hybridized carbons (Fsp3) is 0.235. The molecular weight excluding hydrogens is 264 g/mol. The summed E-state index contributed by atoms with van der Waals surface area (Å²) in [7, 11) is 0. The van der Waals surface area contributed by atoms with Crippen molar-refractivity contribution in [1.29, 1.82) is 0 Å². The second-order valence-corrected chi connectivity index (χ2v) is 5.11. The fourth-order valence-corrected chi connectivity index (χ4v) is 2.03. The average molecular weight is 284 g/mol. The summed E-state index contributed by atoms with van der Waals surface area (Å²) in [5.74, 6) is 0. The van der Waals surface area contributed by atoms with Crippen molar-refractivity contribution in [3.63, 3.8) is 0 Å². The molecule has 0 saturated carbocycles. The number of rotatable bonds is 4. The minimum atomic E-state index is -0.741. The van der Waals surface area contributed by atoms with Gasteiger partial charge in [-0.2, -0.15) is 0 Å². The van der Waals surface area contributed by atoms with Gasteiger partial charge in [0.2, 0.25) is 0 Å². The normalized spacial score (nSPS) is 13.3. The zero-order valence-electron chi connectivity index (χ0n) is 12.2. The summed E-state index contributed by atoms with van der Waals surface area (Å²) in [4.78, 5) is 11.9. The Hall–Kier alpha value is -2.33. The first-order chi connectivity index (χ1) is 10.1. The van der Waals surface area contributed by atoms with Gasteiger partial charge in [0.05, 0.1) is 12.1 Å². The van der Waals surface area contributed by atoms with Crippen molar-refractivity contribution < 1.29 is 9.90 Å². The van der Waals surface area contributed by atoms with Crippen molar-refractivity contribution in [3.05, 3.63) is 65.7 Å². The molecular formula is C17H20N2O2. The molecule has 2 aromatic rings. The Morgan fingerprint density at radius 2 is 1.67 bits per heavy atom. The third kappa shape index (κ3) is 4.33. The molecule has 0 spiro atoms. The highest BCUT2D eigenvalue weighted by atomic mass is 16.3. The van der Waals surface area contributed by atoms with E-state index in [-0.39, 0.29) is 6.03 Å². The number of benzene rings is 2. The Kier molecular flexibility index (Phi) is 4.95. The maximum absolute atomic E-state index is 11.9. The predicted octanol–water partition coefficient (Wildman–Crippen LogP) is 3.24. The summed E-state index contributed by atoms with van der Waals surface area (Å²) in [5.41, 5.74) is 2.63. The smallest absolute Gasteiger partial charge is 0.319 e. The molecule has 2 unspecified atom stereocenters. The number of carbonyl (C=O) groups is 1. The van der Waals surface area contributed by atoms with Crippen molar-refractivity contribution in [3.8, 4) is 0 Å². The lowest BCUT2D eigenvalue weighted by Gasteiger charge is -2.20. The van der Waals surface area contributed by atoms with Crippen molar-refractivity contribution in [2.75, 3.05) is 5.32 Å². The maximum atomic E-state index is 11.9. The van der Waals surface area contributed by atoms with Crippen molar-refractivity contribution in [1.82, 2.24) is 5.32 Å². The van der Waals surface area contributed by atoms with Gasteiger partial charge in [0.15, 0.2) is 0 Å². The van der Waals surface area contributed by atoms with E-state index in [9.17, 15) is 9.90 Å². The van der Waals surface area contributed by atoms with Crippen LogP contribution in [0.15, 0.2) is 54.6 Å². The van der Waals surface area contributed by atoms with E-state index in [4.69, 9.17) is 0 Å². The molecule has 2 amide bonds. The van der Waals surface area contributed by atoms with Crippen molar-refractivity contribution >= 4 is 11.7 Å². The van der Waals surface area contributed by atoms with E-state index in [1.54, 1.807) is 6.92 Å². The molecule has 0 bridgehead atoms. The summed E-state index contributed by atoms with van der Waals surface area (Å²) < 4.78 is 0. The van der Waals surface area contributed by atoms with E-state index in [1.807, 2.05) is 61.5 Å². The van der Waals surface area contributed by atoms with Crippen LogP contribution in [0.25, 0.3) is 0 Å². The van der Waals surface area contributed by atoms with E-state index in [2.05, 4.69) is 10.6 Å². The lowest BCUT2D eigenvalue weighted by Crippen LogP contribution is -2.39. The molecule has 0 aliphatic carbocycles. The third-order valence-corrected chi connectivity index (χ3v) is 3.28. The van der Waals surface area contributed by atoms with Crippen LogP contribution in [-0.4, -0.2) is 17.2 Å². The minimum absolute atomic E-state index is 0.332. The Bertz CT molecular complexity index is 581. The Morgan fingerprint density at radius 3 is 2.29 bits per heavy atom. The molecule has 0 radical (unpaired) electrons. The van der Waals surface area contributed by atoms with Gasteiger partial charge in [-0.25, -0.2) is 4.79 Å². The van der Waals surface area contributed by atoms with Crippen molar-refractivity contribution in [2.24, 2.45) is 0 Å². The highest BCUT2D eigenvalue weighted by molar-refractivity contribution is 5.89. The van der Waals surface area contributed by atoms with Gasteiger partial charge in [-0.3, -0.25) is 0 Å². The Labute approximate surface area is 124 Å². The molecule has 0 aliphatic heterocycles. The lowest BCUT2D eigenvalue weighted by atomic mass is 10.0. The molecule has 0 fully saturated rings. The first-order valence-corrected chi connectivity index (χ1v) is 6.93. The third-order valence-electron chi connectivity index (χ3n) is 3.28. The van der Waals surface area contributed by atoms with E-state index < -0.39 is 12.1 Å². The van der Waals surface area contributed by atoms with Gasteiger partial charge in [-0.05, 0) is 31.5 Å². The zero-order valence-corrected chi connectivity index (χ0v) is 12.2. The number of amides is 2. The first-order valence-electron chi connectivity index (χ1n) is 6.93. The van der Waals surface area contributed by atoms with Crippen LogP contribution in [0.2, 0.25) is 0 Å². The number of aliphatic hydroxyl groups is 1. The quantitative estimate of drug-likeness (QED) is 0.807. The second-order valence-electron chi connectivity index (χ2n) is 5.11. The fourth-order valence-electron chi connectivity index (χ4n) is 2.03. The number of nitrogens with one attached hydrogen (secondary N) is 2. The monoisotopic (exact) mass is 284 g/mol. The van der Waals surface area contributed by atoms with Gasteiger partial charge < -0.3 is 15.7 Å². The zero-order chi connectivity index (χ0) is 15.2. The molecule has 0 saturated heterocycles. The Morgan fingerprint density at radius 1 is 1.05 bits per heavy atom. The summed E-state index contributed by atoms with van der Waals surface area (Å²) in [5, 5.41) is 15.7. The molecule has 0 heterocycles. The average Bonchev–Trinajstić information content (AvgIpc) is 2.49. The van der Waals surface area contributed by atoms with Crippen LogP contribution in [0, 0.1) is 6.92 Å². The van der Waals surface area contributed by atoms with Crippen LogP contribution >= 0.6 is 0 Å². The number of carbonyl (C=O) groups excluding carboxylic acids is 1. The lowest BCUT2D eigenvalue weighted by molar-refractivity contribution is 0.139. The van der Waals surface area contributed by atoms with Crippen LogP contribution < -0.4 is 10.6 Å². The largest absolute Gasteiger partial charge is 0.386 e. The summed E-state index contributed by atoms with van der Waals surface area (Å²) in [6.07, 6.45) is -0.741. The summed E-state index contributed by atoms with van der Waals surface area (Å²) in [6.45, 7) is 3.76. The number of hydrogen-bond donors (Lipinski definition) is 3. The van der Waals surface area contributed by atoms with Crippen LogP contribution in [0.3, 0.4) is 0 Å². The molecule has 2 aromatic carbocycles. The Balaban J connectivity index is 1.91. The van der Waals surface area contributed by atoms with E-state index in [0.29, 0.717) is 0 Å². The topological polar surface area (TPSA) is 61.4 Å².